The average Bonchev–Trinajstić information content (AvgIpc) is 2.74. The Morgan fingerprint density at radius 1 is 1.07 bits per heavy atom. The third-order valence-electron chi connectivity index (χ3n) is 5.30. The first-order valence-electron chi connectivity index (χ1n) is 9.59. The van der Waals surface area contributed by atoms with E-state index in [4.69, 9.17) is 11.6 Å². The minimum Gasteiger partial charge on any atom is -0.353 e. The fraction of sp³-hybridized carbons (Fsp3) is 0.227. The number of nitrogens with zero attached hydrogens (tertiary/aromatic N) is 4. The molecule has 1 saturated heterocycles. The zero-order valence-electron chi connectivity index (χ0n) is 15.9. The molecule has 4 aromatic rings. The van der Waals surface area contributed by atoms with Gasteiger partial charge in [0.05, 0.1) is 5.39 Å². The Labute approximate surface area is 172 Å². The molecule has 7 heteroatoms. The molecule has 0 saturated carbocycles. The van der Waals surface area contributed by atoms with E-state index >= 15 is 4.39 Å². The molecule has 1 aliphatic heterocycles. The highest BCUT2D eigenvalue weighted by atomic mass is 35.5. The van der Waals surface area contributed by atoms with Crippen LogP contribution in [0.15, 0.2) is 42.6 Å². The van der Waals surface area contributed by atoms with Gasteiger partial charge >= 0.3 is 0 Å². The second-order valence-electron chi connectivity index (χ2n) is 7.16. The van der Waals surface area contributed by atoms with Crippen LogP contribution in [0.25, 0.3) is 32.9 Å². The van der Waals surface area contributed by atoms with Gasteiger partial charge in [0, 0.05) is 48.3 Å². The van der Waals surface area contributed by atoms with Crippen molar-refractivity contribution in [3.63, 3.8) is 0 Å². The van der Waals surface area contributed by atoms with Crippen LogP contribution >= 0.6 is 11.6 Å². The number of pyridine rings is 1. The number of halogens is 2. The van der Waals surface area contributed by atoms with Gasteiger partial charge in [0.2, 0.25) is 0 Å². The third kappa shape index (κ3) is 3.09. The van der Waals surface area contributed by atoms with Crippen molar-refractivity contribution in [2.24, 2.45) is 0 Å². The normalized spacial score (nSPS) is 14.7. The Balaban J connectivity index is 1.75. The molecule has 3 heterocycles. The molecule has 0 radical (unpaired) electrons. The molecule has 0 atom stereocenters. The number of hydrogen-bond donors (Lipinski definition) is 1. The maximum Gasteiger partial charge on any atom is 0.175 e. The molecule has 0 spiro atoms. The van der Waals surface area contributed by atoms with Crippen LogP contribution in [0.4, 0.5) is 10.2 Å². The van der Waals surface area contributed by atoms with Crippen LogP contribution in [-0.2, 0) is 0 Å². The molecule has 2 aromatic heterocycles. The van der Waals surface area contributed by atoms with Crippen molar-refractivity contribution in [2.75, 3.05) is 31.1 Å². The number of nitrogens with one attached hydrogen (secondary N) is 1. The number of aryl methyl sites for hydroxylation is 1. The maximum atomic E-state index is 15.7. The van der Waals surface area contributed by atoms with Gasteiger partial charge in [-0.1, -0.05) is 41.9 Å². The molecular weight excluding hydrogens is 389 g/mol. The molecule has 1 fully saturated rings. The summed E-state index contributed by atoms with van der Waals surface area (Å²) in [6.45, 7) is 5.15. The van der Waals surface area contributed by atoms with Gasteiger partial charge in [0.1, 0.15) is 22.9 Å². The number of piperazine rings is 1. The summed E-state index contributed by atoms with van der Waals surface area (Å²) in [6, 6.07) is 11.3. The first-order chi connectivity index (χ1) is 14.1. The van der Waals surface area contributed by atoms with Crippen molar-refractivity contribution < 1.29 is 4.39 Å². The van der Waals surface area contributed by atoms with Crippen molar-refractivity contribution in [3.8, 4) is 11.3 Å². The summed E-state index contributed by atoms with van der Waals surface area (Å²) < 4.78 is 15.7. The number of hydrogen-bond acceptors (Lipinski definition) is 5. The lowest BCUT2D eigenvalue weighted by Gasteiger charge is -2.29. The smallest absolute Gasteiger partial charge is 0.175 e. The van der Waals surface area contributed by atoms with Crippen LogP contribution in [-0.4, -0.2) is 41.1 Å². The Kier molecular flexibility index (Phi) is 4.53. The molecule has 0 amide bonds. The van der Waals surface area contributed by atoms with Crippen LogP contribution in [0.2, 0.25) is 5.02 Å². The van der Waals surface area contributed by atoms with Gasteiger partial charge in [-0.25, -0.2) is 14.4 Å². The van der Waals surface area contributed by atoms with Crippen LogP contribution in [0.1, 0.15) is 5.82 Å². The molecule has 5 nitrogen and oxygen atoms in total. The minimum atomic E-state index is -0.447. The fourth-order valence-electron chi connectivity index (χ4n) is 3.95. The van der Waals surface area contributed by atoms with Gasteiger partial charge in [0.15, 0.2) is 5.82 Å². The zero-order valence-corrected chi connectivity index (χ0v) is 16.7. The van der Waals surface area contributed by atoms with Crippen molar-refractivity contribution in [2.45, 2.75) is 6.92 Å². The van der Waals surface area contributed by atoms with Gasteiger partial charge in [-0.2, -0.15) is 0 Å². The van der Waals surface area contributed by atoms with Crippen molar-refractivity contribution in [3.05, 3.63) is 59.3 Å². The number of rotatable bonds is 2. The number of benzene rings is 2. The summed E-state index contributed by atoms with van der Waals surface area (Å²) in [7, 11) is 0. The SMILES string of the molecule is Cc1nc(N2CCNCC2)c2cnc(-c3cccc4cccc(Cl)c34)c(F)c2n1. The summed E-state index contributed by atoms with van der Waals surface area (Å²) in [6.07, 6.45) is 1.68. The average molecular weight is 408 g/mol. The fourth-order valence-corrected chi connectivity index (χ4v) is 4.23. The summed E-state index contributed by atoms with van der Waals surface area (Å²) in [5, 5.41) is 6.25. The molecule has 0 bridgehead atoms. The standard InChI is InChI=1S/C22H19ClFN5/c1-13-27-21-16(22(28-13)29-10-8-25-9-11-29)12-26-20(19(21)24)15-6-2-4-14-5-3-7-17(23)18(14)15/h2-7,12,25H,8-11H2,1H3. The van der Waals surface area contributed by atoms with Crippen molar-refractivity contribution in [1.82, 2.24) is 20.3 Å². The largest absolute Gasteiger partial charge is 0.353 e. The molecule has 146 valence electrons. The van der Waals surface area contributed by atoms with Gasteiger partial charge in [0.25, 0.3) is 0 Å². The third-order valence-corrected chi connectivity index (χ3v) is 5.62. The van der Waals surface area contributed by atoms with E-state index in [2.05, 4.69) is 25.2 Å². The van der Waals surface area contributed by atoms with Gasteiger partial charge < -0.3 is 10.2 Å². The van der Waals surface area contributed by atoms with Crippen molar-refractivity contribution >= 4 is 39.1 Å². The highest BCUT2D eigenvalue weighted by molar-refractivity contribution is 6.36. The lowest BCUT2D eigenvalue weighted by atomic mass is 10.0. The molecule has 29 heavy (non-hydrogen) atoms. The maximum absolute atomic E-state index is 15.7. The van der Waals surface area contributed by atoms with Crippen LogP contribution in [0, 0.1) is 12.7 Å². The summed E-state index contributed by atoms with van der Waals surface area (Å²) in [5.41, 5.74) is 1.20. The first kappa shape index (κ1) is 18.2. The second kappa shape index (κ2) is 7.21. The Morgan fingerprint density at radius 2 is 1.83 bits per heavy atom. The lowest BCUT2D eigenvalue weighted by molar-refractivity contribution is 0.585. The van der Waals surface area contributed by atoms with E-state index in [0.717, 1.165) is 42.8 Å². The van der Waals surface area contributed by atoms with Gasteiger partial charge in [-0.05, 0) is 18.4 Å². The highest BCUT2D eigenvalue weighted by Crippen LogP contribution is 2.36. The Bertz CT molecular complexity index is 1230. The first-order valence-corrected chi connectivity index (χ1v) is 9.97. The predicted molar refractivity (Wildman–Crippen MR) is 115 cm³/mol. The minimum absolute atomic E-state index is 0.251. The molecule has 1 N–H and O–H groups in total. The molecular formula is C22H19ClFN5. The topological polar surface area (TPSA) is 53.9 Å². The highest BCUT2D eigenvalue weighted by Gasteiger charge is 2.21. The van der Waals surface area contributed by atoms with Gasteiger partial charge in [-0.3, -0.25) is 4.98 Å². The van der Waals surface area contributed by atoms with E-state index in [9.17, 15) is 0 Å². The van der Waals surface area contributed by atoms with Crippen LogP contribution < -0.4 is 10.2 Å². The predicted octanol–water partition coefficient (Wildman–Crippen LogP) is 4.36. The summed E-state index contributed by atoms with van der Waals surface area (Å²) in [5.74, 6) is 0.831. The van der Waals surface area contributed by atoms with E-state index in [0.29, 0.717) is 27.3 Å². The van der Waals surface area contributed by atoms with Crippen LogP contribution in [0.5, 0.6) is 0 Å². The monoisotopic (exact) mass is 407 g/mol. The van der Waals surface area contributed by atoms with Crippen LogP contribution in [0.3, 0.4) is 0 Å². The number of anilines is 1. The molecule has 1 aliphatic rings. The van der Waals surface area contributed by atoms with E-state index in [1.54, 1.807) is 19.2 Å². The number of fused-ring (bicyclic) bond motifs is 2. The van der Waals surface area contributed by atoms with E-state index < -0.39 is 5.82 Å². The summed E-state index contributed by atoms with van der Waals surface area (Å²) in [4.78, 5) is 15.7. The summed E-state index contributed by atoms with van der Waals surface area (Å²) >= 11 is 6.45. The quantitative estimate of drug-likeness (QED) is 0.535. The van der Waals surface area contributed by atoms with Crippen molar-refractivity contribution in [1.29, 1.82) is 0 Å². The molecule has 0 aliphatic carbocycles. The Morgan fingerprint density at radius 3 is 2.62 bits per heavy atom. The molecule has 5 rings (SSSR count). The molecule has 2 aromatic carbocycles. The van der Waals surface area contributed by atoms with E-state index in [1.807, 2.05) is 30.3 Å². The molecule has 0 unspecified atom stereocenters. The Hall–Kier alpha value is -2.83. The zero-order chi connectivity index (χ0) is 20.0. The van der Waals surface area contributed by atoms with E-state index in [1.165, 1.54) is 0 Å². The second-order valence-corrected chi connectivity index (χ2v) is 7.57. The number of aromatic nitrogens is 3. The van der Waals surface area contributed by atoms with E-state index in [-0.39, 0.29) is 5.69 Å². The lowest BCUT2D eigenvalue weighted by Crippen LogP contribution is -2.44. The van der Waals surface area contributed by atoms with Gasteiger partial charge in [-0.15, -0.1) is 0 Å².